The molecule has 1 aromatic carbocycles. The first-order chi connectivity index (χ1) is 13.4. The number of rotatable bonds is 5. The van der Waals surface area contributed by atoms with Crippen LogP contribution in [0.1, 0.15) is 53.3 Å². The Morgan fingerprint density at radius 3 is 2.52 bits per heavy atom. The molecule has 0 atom stereocenters. The molecule has 1 saturated heterocycles. The van der Waals surface area contributed by atoms with E-state index in [4.69, 9.17) is 0 Å². The first kappa shape index (κ1) is 21.6. The minimum Gasteiger partial charge on any atom is -0.330 e. The van der Waals surface area contributed by atoms with Crippen molar-refractivity contribution in [3.8, 4) is 0 Å². The van der Waals surface area contributed by atoms with Crippen LogP contribution in [0.25, 0.3) is 0 Å². The Morgan fingerprint density at radius 1 is 1.17 bits per heavy atom. The van der Waals surface area contributed by atoms with Gasteiger partial charge in [-0.1, -0.05) is 23.4 Å². The number of nitrogens with one attached hydrogen (secondary N) is 1. The number of carbonyl (C=O) groups is 1. The smallest absolute Gasteiger partial charge is 0.330 e. The Morgan fingerprint density at radius 2 is 1.86 bits per heavy atom. The lowest BCUT2D eigenvalue weighted by atomic mass is 10.1. The number of hydrogen-bond donors (Lipinski definition) is 1. The molecule has 1 amide bonds. The number of amides is 1. The average molecular weight is 430 g/mol. The van der Waals surface area contributed by atoms with Crippen molar-refractivity contribution >= 4 is 18.3 Å². The molecular formula is C19H23ClF3N5O. The number of piperidine rings is 1. The fourth-order valence-electron chi connectivity index (χ4n) is 3.64. The van der Waals surface area contributed by atoms with Crippen LogP contribution in [0.4, 0.5) is 13.2 Å². The van der Waals surface area contributed by atoms with Crippen molar-refractivity contribution in [3.05, 3.63) is 47.3 Å². The number of carbonyl (C=O) groups excluding carboxylic acids is 1. The summed E-state index contributed by atoms with van der Waals surface area (Å²) in [5.41, 5.74) is -0.414. The predicted molar refractivity (Wildman–Crippen MR) is 103 cm³/mol. The van der Waals surface area contributed by atoms with Crippen molar-refractivity contribution in [1.29, 1.82) is 0 Å². The highest BCUT2D eigenvalue weighted by atomic mass is 35.5. The molecule has 0 unspecified atom stereocenters. The van der Waals surface area contributed by atoms with Crippen LogP contribution in [-0.2, 0) is 12.7 Å². The van der Waals surface area contributed by atoms with Crippen molar-refractivity contribution in [2.24, 2.45) is 0 Å². The van der Waals surface area contributed by atoms with Crippen LogP contribution in [-0.4, -0.2) is 44.9 Å². The summed E-state index contributed by atoms with van der Waals surface area (Å²) in [5, 5.41) is 11.4. The summed E-state index contributed by atoms with van der Waals surface area (Å²) in [6, 6.07) is 5.55. The molecule has 4 rings (SSSR count). The summed E-state index contributed by atoms with van der Waals surface area (Å²) in [7, 11) is 0. The highest BCUT2D eigenvalue weighted by Crippen LogP contribution is 2.35. The van der Waals surface area contributed by atoms with Gasteiger partial charge in [-0.3, -0.25) is 4.79 Å². The van der Waals surface area contributed by atoms with Crippen molar-refractivity contribution in [3.63, 3.8) is 0 Å². The third-order valence-corrected chi connectivity index (χ3v) is 5.32. The molecule has 158 valence electrons. The zero-order valence-electron chi connectivity index (χ0n) is 15.7. The molecule has 0 spiro atoms. The van der Waals surface area contributed by atoms with Gasteiger partial charge in [0.05, 0.1) is 17.8 Å². The number of alkyl halides is 3. The minimum absolute atomic E-state index is 0. The van der Waals surface area contributed by atoms with Crippen LogP contribution >= 0.6 is 12.4 Å². The monoisotopic (exact) mass is 429 g/mol. The molecule has 2 fully saturated rings. The summed E-state index contributed by atoms with van der Waals surface area (Å²) < 4.78 is 41.7. The van der Waals surface area contributed by atoms with Gasteiger partial charge in [-0.05, 0) is 50.4 Å². The Bertz CT molecular complexity index is 846. The van der Waals surface area contributed by atoms with Gasteiger partial charge >= 0.3 is 6.18 Å². The molecular weight excluding hydrogens is 407 g/mol. The molecule has 2 aliphatic rings. The average Bonchev–Trinajstić information content (AvgIpc) is 3.41. The first-order valence-electron chi connectivity index (χ1n) is 9.52. The van der Waals surface area contributed by atoms with E-state index < -0.39 is 11.7 Å². The molecule has 0 bridgehead atoms. The largest absolute Gasteiger partial charge is 0.416 e. The van der Waals surface area contributed by atoms with E-state index in [1.807, 2.05) is 0 Å². The van der Waals surface area contributed by atoms with E-state index in [1.54, 1.807) is 16.9 Å². The van der Waals surface area contributed by atoms with Gasteiger partial charge < -0.3 is 10.2 Å². The number of halogens is 4. The van der Waals surface area contributed by atoms with Gasteiger partial charge in [-0.15, -0.1) is 17.5 Å². The van der Waals surface area contributed by atoms with Gasteiger partial charge in [0.1, 0.15) is 0 Å². The Hall–Kier alpha value is -2.13. The van der Waals surface area contributed by atoms with Crippen LogP contribution in [0.15, 0.2) is 30.5 Å². The second-order valence-electron chi connectivity index (χ2n) is 7.38. The first-order valence-corrected chi connectivity index (χ1v) is 9.52. The van der Waals surface area contributed by atoms with Gasteiger partial charge in [0.2, 0.25) is 0 Å². The molecule has 10 heteroatoms. The Balaban J connectivity index is 0.00000240. The van der Waals surface area contributed by atoms with Crippen LogP contribution in [0.5, 0.6) is 0 Å². The van der Waals surface area contributed by atoms with E-state index in [0.717, 1.165) is 44.8 Å². The van der Waals surface area contributed by atoms with E-state index in [0.29, 0.717) is 0 Å². The summed E-state index contributed by atoms with van der Waals surface area (Å²) in [6.45, 7) is 1.69. The number of hydrogen-bond acceptors (Lipinski definition) is 4. The van der Waals surface area contributed by atoms with Gasteiger partial charge in [-0.2, -0.15) is 13.2 Å². The summed E-state index contributed by atoms with van der Waals surface area (Å²) in [6.07, 6.45) is 0.575. The van der Waals surface area contributed by atoms with Gasteiger partial charge in [0, 0.05) is 12.6 Å². The van der Waals surface area contributed by atoms with Gasteiger partial charge in [0.25, 0.3) is 5.91 Å². The highest BCUT2D eigenvalue weighted by Gasteiger charge is 2.38. The molecule has 1 saturated carbocycles. The fourth-order valence-corrected chi connectivity index (χ4v) is 3.64. The predicted octanol–water partition coefficient (Wildman–Crippen LogP) is 3.45. The van der Waals surface area contributed by atoms with Crippen molar-refractivity contribution in [2.75, 3.05) is 13.1 Å². The lowest BCUT2D eigenvalue weighted by molar-refractivity contribution is -0.138. The van der Waals surface area contributed by atoms with E-state index in [9.17, 15) is 18.0 Å². The molecule has 2 aromatic rings. The maximum Gasteiger partial charge on any atom is 0.416 e. The molecule has 1 N–H and O–H groups in total. The number of nitrogens with zero attached hydrogens (tertiary/aromatic N) is 4. The van der Waals surface area contributed by atoms with Crippen LogP contribution < -0.4 is 5.32 Å². The van der Waals surface area contributed by atoms with Crippen molar-refractivity contribution < 1.29 is 18.0 Å². The molecule has 1 aromatic heterocycles. The molecule has 29 heavy (non-hydrogen) atoms. The number of benzene rings is 1. The third-order valence-electron chi connectivity index (χ3n) is 5.32. The standard InChI is InChI=1S/C19H22F3N5O.ClH/c20-19(21,22)16-4-2-1-3-13(16)11-26(14-5-6-14)18(28)17-12-27(25-24-17)15-7-9-23-10-8-15;/h1-4,12,14-15,23H,5-11H2;1H. The normalized spacial score (nSPS) is 17.6. The maximum atomic E-state index is 13.3. The Kier molecular flexibility index (Phi) is 6.48. The SMILES string of the molecule is Cl.O=C(c1cn(C2CCNCC2)nn1)N(Cc1ccccc1C(F)(F)F)C1CC1. The van der Waals surface area contributed by atoms with Gasteiger partial charge in [0.15, 0.2) is 5.69 Å². The van der Waals surface area contributed by atoms with E-state index in [2.05, 4.69) is 15.6 Å². The van der Waals surface area contributed by atoms with Crippen LogP contribution in [0.3, 0.4) is 0 Å². The molecule has 0 radical (unpaired) electrons. The minimum atomic E-state index is -4.45. The molecule has 1 aliphatic heterocycles. The fraction of sp³-hybridized carbons (Fsp3) is 0.526. The molecule has 6 nitrogen and oxygen atoms in total. The lowest BCUT2D eigenvalue weighted by Crippen LogP contribution is -2.33. The van der Waals surface area contributed by atoms with Crippen molar-refractivity contribution in [2.45, 2.75) is 50.5 Å². The zero-order valence-corrected chi connectivity index (χ0v) is 16.5. The summed E-state index contributed by atoms with van der Waals surface area (Å²) in [4.78, 5) is 14.5. The van der Waals surface area contributed by atoms with E-state index >= 15 is 0 Å². The quantitative estimate of drug-likeness (QED) is 0.790. The summed E-state index contributed by atoms with van der Waals surface area (Å²) in [5.74, 6) is -0.361. The van der Waals surface area contributed by atoms with Crippen molar-refractivity contribution in [1.82, 2.24) is 25.2 Å². The van der Waals surface area contributed by atoms with E-state index in [-0.39, 0.29) is 48.2 Å². The maximum absolute atomic E-state index is 13.3. The molecule has 2 heterocycles. The van der Waals surface area contributed by atoms with Crippen LogP contribution in [0.2, 0.25) is 0 Å². The van der Waals surface area contributed by atoms with Gasteiger partial charge in [-0.25, -0.2) is 4.68 Å². The third kappa shape index (κ3) is 4.90. The van der Waals surface area contributed by atoms with Crippen LogP contribution in [0, 0.1) is 0 Å². The lowest BCUT2D eigenvalue weighted by Gasteiger charge is -2.24. The van der Waals surface area contributed by atoms with E-state index in [1.165, 1.54) is 17.0 Å². The topological polar surface area (TPSA) is 63.1 Å². The number of aromatic nitrogens is 3. The molecule has 1 aliphatic carbocycles. The summed E-state index contributed by atoms with van der Waals surface area (Å²) >= 11 is 0. The second-order valence-corrected chi connectivity index (χ2v) is 7.38. The Labute approximate surface area is 172 Å². The zero-order chi connectivity index (χ0) is 19.7. The highest BCUT2D eigenvalue weighted by molar-refractivity contribution is 5.92. The second kappa shape index (κ2) is 8.71.